The summed E-state index contributed by atoms with van der Waals surface area (Å²) < 4.78 is 41.8. The van der Waals surface area contributed by atoms with Crippen LogP contribution < -0.4 is 4.74 Å². The van der Waals surface area contributed by atoms with E-state index in [4.69, 9.17) is 5.26 Å². The van der Waals surface area contributed by atoms with Crippen molar-refractivity contribution >= 4 is 0 Å². The third-order valence-electron chi connectivity index (χ3n) is 1.52. The maximum atomic E-state index is 12.7. The maximum Gasteiger partial charge on any atom is 0.281 e. The highest BCUT2D eigenvalue weighted by molar-refractivity contribution is 5.46. The Bertz CT molecular complexity index is 387. The van der Waals surface area contributed by atoms with Crippen LogP contribution >= 0.6 is 0 Å². The van der Waals surface area contributed by atoms with E-state index in [1.165, 1.54) is 6.07 Å². The molecule has 0 aliphatic heterocycles. The Hall–Kier alpha value is -1.77. The summed E-state index contributed by atoms with van der Waals surface area (Å²) >= 11 is 0. The highest BCUT2D eigenvalue weighted by Crippen LogP contribution is 2.27. The fraction of sp³-hybridized carbons (Fsp3) is 0.250. The van der Waals surface area contributed by atoms with Gasteiger partial charge in [-0.05, 0) is 0 Å². The SMILES string of the molecule is COc1cc(F)nc(C(F)F)c1C#N. The van der Waals surface area contributed by atoms with E-state index in [-0.39, 0.29) is 5.75 Å². The first-order valence-electron chi connectivity index (χ1n) is 3.52. The van der Waals surface area contributed by atoms with Gasteiger partial charge in [-0.3, -0.25) is 0 Å². The number of ether oxygens (including phenoxy) is 1. The van der Waals surface area contributed by atoms with Gasteiger partial charge >= 0.3 is 0 Å². The molecule has 0 bridgehead atoms. The molecule has 3 nitrogen and oxygen atoms in total. The summed E-state index contributed by atoms with van der Waals surface area (Å²) in [6, 6.07) is 2.27. The van der Waals surface area contributed by atoms with E-state index in [0.29, 0.717) is 0 Å². The number of aromatic nitrogens is 1. The number of nitriles is 1. The standard InChI is InChI=1S/C8H5F3N2O/c1-14-5-2-6(9)13-7(8(10)11)4(5)3-12/h2,8H,1H3. The lowest BCUT2D eigenvalue weighted by Crippen LogP contribution is -2.01. The van der Waals surface area contributed by atoms with Crippen LogP contribution in [-0.2, 0) is 0 Å². The van der Waals surface area contributed by atoms with Crippen LogP contribution in [0, 0.1) is 17.3 Å². The number of hydrogen-bond acceptors (Lipinski definition) is 3. The van der Waals surface area contributed by atoms with E-state index in [2.05, 4.69) is 9.72 Å². The predicted octanol–water partition coefficient (Wildman–Crippen LogP) is 2.04. The van der Waals surface area contributed by atoms with Crippen molar-refractivity contribution < 1.29 is 17.9 Å². The van der Waals surface area contributed by atoms with Crippen molar-refractivity contribution in [3.05, 3.63) is 23.3 Å². The van der Waals surface area contributed by atoms with Crippen LogP contribution in [-0.4, -0.2) is 12.1 Å². The van der Waals surface area contributed by atoms with Crippen molar-refractivity contribution in [2.75, 3.05) is 7.11 Å². The molecule has 6 heteroatoms. The summed E-state index contributed by atoms with van der Waals surface area (Å²) in [7, 11) is 1.16. The van der Waals surface area contributed by atoms with Gasteiger partial charge in [-0.1, -0.05) is 0 Å². The van der Waals surface area contributed by atoms with E-state index in [1.54, 1.807) is 0 Å². The summed E-state index contributed by atoms with van der Waals surface area (Å²) in [4.78, 5) is 2.93. The zero-order valence-electron chi connectivity index (χ0n) is 7.09. The normalized spacial score (nSPS) is 10.0. The molecule has 0 unspecified atom stereocenters. The molecule has 1 rings (SSSR count). The number of alkyl halides is 2. The van der Waals surface area contributed by atoms with Crippen molar-refractivity contribution in [3.63, 3.8) is 0 Å². The van der Waals surface area contributed by atoms with Crippen molar-refractivity contribution in [3.8, 4) is 11.8 Å². The Morgan fingerprint density at radius 1 is 1.57 bits per heavy atom. The maximum absolute atomic E-state index is 12.7. The Morgan fingerprint density at radius 3 is 2.64 bits per heavy atom. The second-order valence-corrected chi connectivity index (χ2v) is 2.32. The van der Waals surface area contributed by atoms with Crippen LogP contribution in [0.2, 0.25) is 0 Å². The van der Waals surface area contributed by atoms with Gasteiger partial charge in [0.25, 0.3) is 6.43 Å². The molecule has 0 aliphatic carbocycles. The molecule has 0 aliphatic rings. The summed E-state index contributed by atoms with van der Waals surface area (Å²) in [6.45, 7) is 0. The highest BCUT2D eigenvalue weighted by Gasteiger charge is 2.20. The smallest absolute Gasteiger partial charge is 0.281 e. The van der Waals surface area contributed by atoms with E-state index < -0.39 is 23.6 Å². The third-order valence-corrected chi connectivity index (χ3v) is 1.52. The Balaban J connectivity index is 3.41. The molecule has 1 aromatic rings. The van der Waals surface area contributed by atoms with Gasteiger partial charge in [0.2, 0.25) is 5.95 Å². The van der Waals surface area contributed by atoms with Gasteiger partial charge in [0, 0.05) is 6.07 Å². The first-order chi connectivity index (χ1) is 6.60. The quantitative estimate of drug-likeness (QED) is 0.689. The molecule has 0 saturated heterocycles. The van der Waals surface area contributed by atoms with Gasteiger partial charge in [0.1, 0.15) is 23.1 Å². The fourth-order valence-electron chi connectivity index (χ4n) is 0.941. The lowest BCUT2D eigenvalue weighted by atomic mass is 10.2. The second-order valence-electron chi connectivity index (χ2n) is 2.32. The first-order valence-corrected chi connectivity index (χ1v) is 3.52. The molecular weight excluding hydrogens is 197 g/mol. The van der Waals surface area contributed by atoms with Crippen LogP contribution in [0.3, 0.4) is 0 Å². The molecule has 14 heavy (non-hydrogen) atoms. The van der Waals surface area contributed by atoms with Crippen molar-refractivity contribution in [1.82, 2.24) is 4.98 Å². The number of methoxy groups -OCH3 is 1. The van der Waals surface area contributed by atoms with Gasteiger partial charge in [0.15, 0.2) is 0 Å². The van der Waals surface area contributed by atoms with Gasteiger partial charge in [0.05, 0.1) is 7.11 Å². The van der Waals surface area contributed by atoms with E-state index in [9.17, 15) is 13.2 Å². The number of pyridine rings is 1. The highest BCUT2D eigenvalue weighted by atomic mass is 19.3. The molecule has 0 spiro atoms. The minimum atomic E-state index is -3.01. The van der Waals surface area contributed by atoms with Crippen LogP contribution in [0.4, 0.5) is 13.2 Å². The van der Waals surface area contributed by atoms with Crippen LogP contribution in [0.1, 0.15) is 17.7 Å². The summed E-state index contributed by atoms with van der Waals surface area (Å²) in [5, 5.41) is 8.54. The van der Waals surface area contributed by atoms with Crippen LogP contribution in [0.15, 0.2) is 6.07 Å². The third kappa shape index (κ3) is 1.76. The lowest BCUT2D eigenvalue weighted by molar-refractivity contribution is 0.144. The molecule has 0 atom stereocenters. The number of halogens is 3. The van der Waals surface area contributed by atoms with Crippen molar-refractivity contribution in [2.45, 2.75) is 6.43 Å². The van der Waals surface area contributed by atoms with Crippen LogP contribution in [0.5, 0.6) is 5.75 Å². The van der Waals surface area contributed by atoms with Gasteiger partial charge in [-0.15, -0.1) is 0 Å². The summed E-state index contributed by atoms with van der Waals surface area (Å²) in [5.41, 5.74) is -1.34. The predicted molar refractivity (Wildman–Crippen MR) is 40.4 cm³/mol. The molecule has 74 valence electrons. The zero-order chi connectivity index (χ0) is 10.7. The molecule has 0 radical (unpaired) electrons. The molecule has 0 aromatic carbocycles. The molecule has 0 amide bonds. The first kappa shape index (κ1) is 10.3. The van der Waals surface area contributed by atoms with Gasteiger partial charge < -0.3 is 4.74 Å². The second kappa shape index (κ2) is 3.96. The molecule has 0 N–H and O–H groups in total. The average molecular weight is 202 g/mol. The molecule has 0 saturated carbocycles. The van der Waals surface area contributed by atoms with Crippen molar-refractivity contribution in [1.29, 1.82) is 5.26 Å². The lowest BCUT2D eigenvalue weighted by Gasteiger charge is -2.06. The Kier molecular flexibility index (Phi) is 2.92. The molecule has 1 heterocycles. The average Bonchev–Trinajstić information content (AvgIpc) is 2.16. The Morgan fingerprint density at radius 2 is 2.21 bits per heavy atom. The number of rotatable bonds is 2. The fourth-order valence-corrected chi connectivity index (χ4v) is 0.941. The molecular formula is C8H5F3N2O. The topological polar surface area (TPSA) is 45.9 Å². The van der Waals surface area contributed by atoms with Crippen molar-refractivity contribution in [2.24, 2.45) is 0 Å². The minimum absolute atomic E-state index is 0.240. The zero-order valence-corrected chi connectivity index (χ0v) is 7.09. The van der Waals surface area contributed by atoms with Gasteiger partial charge in [-0.25, -0.2) is 13.8 Å². The number of nitrogens with zero attached hydrogens (tertiary/aromatic N) is 2. The van der Waals surface area contributed by atoms with E-state index in [0.717, 1.165) is 13.2 Å². The van der Waals surface area contributed by atoms with E-state index >= 15 is 0 Å². The van der Waals surface area contributed by atoms with Crippen LogP contribution in [0.25, 0.3) is 0 Å². The molecule has 0 fully saturated rings. The largest absolute Gasteiger partial charge is 0.495 e. The molecule has 1 aromatic heterocycles. The van der Waals surface area contributed by atoms with E-state index in [1.807, 2.05) is 0 Å². The van der Waals surface area contributed by atoms with Gasteiger partial charge in [-0.2, -0.15) is 9.65 Å². The summed E-state index contributed by atoms with van der Waals surface area (Å²) in [6.07, 6.45) is -3.01. The minimum Gasteiger partial charge on any atom is -0.495 e. The summed E-state index contributed by atoms with van der Waals surface area (Å²) in [5.74, 6) is -1.34. The number of hydrogen-bond donors (Lipinski definition) is 0. The Labute approximate surface area is 77.7 Å². The monoisotopic (exact) mass is 202 g/mol.